The molecule has 0 spiro atoms. The third-order valence-electron chi connectivity index (χ3n) is 2.25. The molecule has 1 rings (SSSR count). The standard InChI is InChI=1S/C10H16N2O3/c1-2-3-8-7-12(4-5-13)9(11-8)6-10(14)15/h2,8,13H,1,3-7H2,(H,14,15). The van der Waals surface area contributed by atoms with Crippen LogP contribution in [0, 0.1) is 0 Å². The van der Waals surface area contributed by atoms with Gasteiger partial charge in [0.2, 0.25) is 0 Å². The van der Waals surface area contributed by atoms with E-state index in [1.54, 1.807) is 6.08 Å². The molecule has 15 heavy (non-hydrogen) atoms. The summed E-state index contributed by atoms with van der Waals surface area (Å²) in [6.45, 7) is 4.76. The van der Waals surface area contributed by atoms with E-state index in [-0.39, 0.29) is 19.1 Å². The van der Waals surface area contributed by atoms with Gasteiger partial charge in [0, 0.05) is 13.1 Å². The van der Waals surface area contributed by atoms with Crippen LogP contribution >= 0.6 is 0 Å². The smallest absolute Gasteiger partial charge is 0.310 e. The minimum atomic E-state index is -0.893. The first-order chi connectivity index (χ1) is 7.17. The molecular weight excluding hydrogens is 196 g/mol. The third kappa shape index (κ3) is 3.36. The predicted octanol–water partition coefficient (Wildman–Crippen LogP) is 0.112. The fourth-order valence-corrected chi connectivity index (χ4v) is 1.65. The highest BCUT2D eigenvalue weighted by atomic mass is 16.4. The molecule has 0 aliphatic carbocycles. The fourth-order valence-electron chi connectivity index (χ4n) is 1.65. The Morgan fingerprint density at radius 3 is 3.00 bits per heavy atom. The second-order valence-electron chi connectivity index (χ2n) is 3.46. The Labute approximate surface area is 88.7 Å². The van der Waals surface area contributed by atoms with Gasteiger partial charge in [0.15, 0.2) is 0 Å². The first kappa shape index (κ1) is 11.7. The average molecular weight is 212 g/mol. The maximum absolute atomic E-state index is 10.6. The van der Waals surface area contributed by atoms with Gasteiger partial charge in [0.1, 0.15) is 12.3 Å². The highest BCUT2D eigenvalue weighted by Gasteiger charge is 2.24. The number of carboxylic acid groups (broad SMARTS) is 1. The van der Waals surface area contributed by atoms with Gasteiger partial charge in [0.05, 0.1) is 12.6 Å². The fraction of sp³-hybridized carbons (Fsp3) is 0.600. The van der Waals surface area contributed by atoms with E-state index in [1.165, 1.54) is 0 Å². The van der Waals surface area contributed by atoms with Crippen LogP contribution in [0.5, 0.6) is 0 Å². The van der Waals surface area contributed by atoms with Gasteiger partial charge in [-0.25, -0.2) is 0 Å². The maximum atomic E-state index is 10.6. The van der Waals surface area contributed by atoms with Crippen molar-refractivity contribution in [2.75, 3.05) is 19.7 Å². The van der Waals surface area contributed by atoms with E-state index in [2.05, 4.69) is 11.6 Å². The number of nitrogens with zero attached hydrogens (tertiary/aromatic N) is 2. The molecule has 0 saturated carbocycles. The van der Waals surface area contributed by atoms with Crippen molar-refractivity contribution < 1.29 is 15.0 Å². The van der Waals surface area contributed by atoms with Gasteiger partial charge < -0.3 is 15.1 Å². The lowest BCUT2D eigenvalue weighted by molar-refractivity contribution is -0.135. The van der Waals surface area contributed by atoms with Crippen LogP contribution in [0.1, 0.15) is 12.8 Å². The van der Waals surface area contributed by atoms with Crippen molar-refractivity contribution in [1.82, 2.24) is 4.90 Å². The number of rotatable bonds is 6. The number of aliphatic hydroxyl groups is 1. The quantitative estimate of drug-likeness (QED) is 0.613. The number of hydrogen-bond acceptors (Lipinski definition) is 4. The lowest BCUT2D eigenvalue weighted by Crippen LogP contribution is -2.33. The molecule has 0 bridgehead atoms. The molecule has 5 nitrogen and oxygen atoms in total. The second kappa shape index (κ2) is 5.50. The SMILES string of the molecule is C=CCC1CN(CCO)C(CC(=O)O)=N1. The van der Waals surface area contributed by atoms with Gasteiger partial charge in [0.25, 0.3) is 0 Å². The van der Waals surface area contributed by atoms with Crippen LogP contribution in [0.3, 0.4) is 0 Å². The molecule has 0 aromatic heterocycles. The van der Waals surface area contributed by atoms with Crippen LogP contribution < -0.4 is 0 Å². The van der Waals surface area contributed by atoms with Crippen LogP contribution in [0.25, 0.3) is 0 Å². The van der Waals surface area contributed by atoms with E-state index in [1.807, 2.05) is 4.90 Å². The number of β-amino-alcohol motifs (C(OH)–C–C–N with tert-alkyl or cyclic N) is 1. The molecule has 1 unspecified atom stereocenters. The van der Waals surface area contributed by atoms with E-state index in [9.17, 15) is 4.79 Å². The molecule has 0 radical (unpaired) electrons. The molecule has 1 heterocycles. The number of aliphatic imine (C=N–C) groups is 1. The van der Waals surface area contributed by atoms with Crippen LogP contribution in [-0.2, 0) is 4.79 Å². The van der Waals surface area contributed by atoms with E-state index in [0.29, 0.717) is 18.9 Å². The minimum Gasteiger partial charge on any atom is -0.481 e. The Bertz CT molecular complexity index is 276. The summed E-state index contributed by atoms with van der Waals surface area (Å²) in [5, 5.41) is 17.5. The maximum Gasteiger partial charge on any atom is 0.310 e. The molecule has 0 saturated heterocycles. The number of carboxylic acids is 1. The van der Waals surface area contributed by atoms with Crippen molar-refractivity contribution in [3.63, 3.8) is 0 Å². The zero-order chi connectivity index (χ0) is 11.3. The Morgan fingerprint density at radius 1 is 1.73 bits per heavy atom. The Kier molecular flexibility index (Phi) is 4.30. The van der Waals surface area contributed by atoms with Gasteiger partial charge in [-0.1, -0.05) is 6.08 Å². The molecule has 0 aromatic carbocycles. The van der Waals surface area contributed by atoms with Crippen molar-refractivity contribution in [2.45, 2.75) is 18.9 Å². The number of aliphatic hydroxyl groups excluding tert-OH is 1. The normalized spacial score (nSPS) is 20.2. The summed E-state index contributed by atoms with van der Waals surface area (Å²) >= 11 is 0. The zero-order valence-electron chi connectivity index (χ0n) is 8.59. The molecule has 0 fully saturated rings. The summed E-state index contributed by atoms with van der Waals surface area (Å²) < 4.78 is 0. The lowest BCUT2D eigenvalue weighted by atomic mass is 10.2. The van der Waals surface area contributed by atoms with E-state index >= 15 is 0 Å². The van der Waals surface area contributed by atoms with Crippen molar-refractivity contribution in [3.8, 4) is 0 Å². The lowest BCUT2D eigenvalue weighted by Gasteiger charge is -2.18. The molecule has 0 amide bonds. The Hall–Kier alpha value is -1.36. The largest absolute Gasteiger partial charge is 0.481 e. The third-order valence-corrected chi connectivity index (χ3v) is 2.25. The van der Waals surface area contributed by atoms with Crippen LogP contribution in [-0.4, -0.2) is 52.7 Å². The molecule has 2 N–H and O–H groups in total. The van der Waals surface area contributed by atoms with Gasteiger partial charge in [-0.05, 0) is 6.42 Å². The minimum absolute atomic E-state index is 0.0133. The summed E-state index contributed by atoms with van der Waals surface area (Å²) in [6.07, 6.45) is 2.44. The van der Waals surface area contributed by atoms with Crippen molar-refractivity contribution in [3.05, 3.63) is 12.7 Å². The first-order valence-corrected chi connectivity index (χ1v) is 4.92. The topological polar surface area (TPSA) is 73.1 Å². The van der Waals surface area contributed by atoms with Crippen molar-refractivity contribution in [1.29, 1.82) is 0 Å². The first-order valence-electron chi connectivity index (χ1n) is 4.92. The van der Waals surface area contributed by atoms with Gasteiger partial charge >= 0.3 is 5.97 Å². The van der Waals surface area contributed by atoms with Gasteiger partial charge in [-0.3, -0.25) is 9.79 Å². The number of carbonyl (C=O) groups is 1. The highest BCUT2D eigenvalue weighted by molar-refractivity contribution is 5.97. The highest BCUT2D eigenvalue weighted by Crippen LogP contribution is 2.14. The molecule has 84 valence electrons. The zero-order valence-corrected chi connectivity index (χ0v) is 8.59. The molecular formula is C10H16N2O3. The van der Waals surface area contributed by atoms with E-state index < -0.39 is 5.97 Å². The Balaban J connectivity index is 2.62. The molecule has 1 aliphatic rings. The monoisotopic (exact) mass is 212 g/mol. The average Bonchev–Trinajstić information content (AvgIpc) is 2.48. The molecule has 1 aliphatic heterocycles. The molecule has 5 heteroatoms. The van der Waals surface area contributed by atoms with Crippen LogP contribution in [0.2, 0.25) is 0 Å². The number of hydrogen-bond donors (Lipinski definition) is 2. The van der Waals surface area contributed by atoms with Crippen molar-refractivity contribution in [2.24, 2.45) is 4.99 Å². The van der Waals surface area contributed by atoms with Gasteiger partial charge in [-0.15, -0.1) is 6.58 Å². The van der Waals surface area contributed by atoms with E-state index in [4.69, 9.17) is 10.2 Å². The van der Waals surface area contributed by atoms with Gasteiger partial charge in [-0.2, -0.15) is 0 Å². The van der Waals surface area contributed by atoms with E-state index in [0.717, 1.165) is 6.42 Å². The van der Waals surface area contributed by atoms with Crippen molar-refractivity contribution >= 4 is 11.8 Å². The predicted molar refractivity (Wildman–Crippen MR) is 56.9 cm³/mol. The molecule has 0 aromatic rings. The summed E-state index contributed by atoms with van der Waals surface area (Å²) in [7, 11) is 0. The number of aliphatic carboxylic acids is 1. The Morgan fingerprint density at radius 2 is 2.47 bits per heavy atom. The van der Waals surface area contributed by atoms with Crippen LogP contribution in [0.15, 0.2) is 17.6 Å². The second-order valence-corrected chi connectivity index (χ2v) is 3.46. The van der Waals surface area contributed by atoms with Crippen LogP contribution in [0.4, 0.5) is 0 Å². The summed E-state index contributed by atoms with van der Waals surface area (Å²) in [5.41, 5.74) is 0. The summed E-state index contributed by atoms with van der Waals surface area (Å²) in [6, 6.07) is 0.0865. The molecule has 1 atom stereocenters. The number of amidine groups is 1. The summed E-state index contributed by atoms with van der Waals surface area (Å²) in [5.74, 6) is -0.334. The summed E-state index contributed by atoms with van der Waals surface area (Å²) in [4.78, 5) is 16.7.